The van der Waals surface area contributed by atoms with Crippen molar-refractivity contribution in [1.29, 1.82) is 5.26 Å². The Balaban J connectivity index is 1.76. The van der Waals surface area contributed by atoms with Gasteiger partial charge in [-0.15, -0.1) is 0 Å². The number of benzene rings is 1. The fourth-order valence-electron chi connectivity index (χ4n) is 3.64. The molecule has 9 heteroatoms. The molecule has 1 saturated heterocycles. The van der Waals surface area contributed by atoms with Crippen LogP contribution >= 0.6 is 0 Å². The van der Waals surface area contributed by atoms with Gasteiger partial charge in [-0.2, -0.15) is 10.4 Å². The lowest BCUT2D eigenvalue weighted by Crippen LogP contribution is -2.26. The van der Waals surface area contributed by atoms with Crippen LogP contribution in [0.3, 0.4) is 0 Å². The van der Waals surface area contributed by atoms with E-state index in [0.29, 0.717) is 22.6 Å². The summed E-state index contributed by atoms with van der Waals surface area (Å²) in [6, 6.07) is 7.31. The quantitative estimate of drug-likeness (QED) is 0.680. The number of hydrogen-bond acceptors (Lipinski definition) is 5. The van der Waals surface area contributed by atoms with E-state index in [0.717, 1.165) is 0 Å². The number of aromatic nitrogens is 3. The highest BCUT2D eigenvalue weighted by Crippen LogP contribution is 2.37. The largest absolute Gasteiger partial charge is 0.346 e. The predicted molar refractivity (Wildman–Crippen MR) is 102 cm³/mol. The zero-order chi connectivity index (χ0) is 20.7. The zero-order valence-electron chi connectivity index (χ0n) is 15.9. The van der Waals surface area contributed by atoms with Gasteiger partial charge in [0.05, 0.1) is 18.8 Å². The van der Waals surface area contributed by atoms with Crippen LogP contribution in [0.1, 0.15) is 33.9 Å². The number of nitrogens with zero attached hydrogens (tertiary/aromatic N) is 6. The van der Waals surface area contributed by atoms with E-state index in [9.17, 15) is 18.8 Å². The fraction of sp³-hybridized carbons (Fsp3) is 0.300. The van der Waals surface area contributed by atoms with Crippen molar-refractivity contribution in [3.8, 4) is 6.07 Å². The van der Waals surface area contributed by atoms with Crippen LogP contribution in [0.2, 0.25) is 0 Å². The SMILES string of the molecule is CN(C)C(=O)c1cc(F)cc([C@H]2C[C@H](F)CN2c2ccn3ncc(C#N)c3n2)c1. The molecule has 0 radical (unpaired) electrons. The third-order valence-electron chi connectivity index (χ3n) is 4.98. The van der Waals surface area contributed by atoms with Crippen molar-refractivity contribution in [3.05, 3.63) is 59.2 Å². The summed E-state index contributed by atoms with van der Waals surface area (Å²) in [6.45, 7) is 0.0807. The van der Waals surface area contributed by atoms with Crippen molar-refractivity contribution >= 4 is 17.4 Å². The first kappa shape index (κ1) is 18.8. The summed E-state index contributed by atoms with van der Waals surface area (Å²) in [5.41, 5.74) is 1.39. The molecule has 3 aromatic rings. The monoisotopic (exact) mass is 396 g/mol. The maximum Gasteiger partial charge on any atom is 0.253 e. The van der Waals surface area contributed by atoms with Gasteiger partial charge >= 0.3 is 0 Å². The Hall–Kier alpha value is -3.54. The van der Waals surface area contributed by atoms with Crippen molar-refractivity contribution in [2.24, 2.45) is 0 Å². The molecule has 2 atom stereocenters. The first-order chi connectivity index (χ1) is 13.9. The second-order valence-electron chi connectivity index (χ2n) is 7.20. The Morgan fingerprint density at radius 1 is 1.34 bits per heavy atom. The zero-order valence-corrected chi connectivity index (χ0v) is 15.9. The molecule has 29 heavy (non-hydrogen) atoms. The molecule has 1 amide bonds. The molecule has 0 spiro atoms. The molecule has 1 aromatic carbocycles. The first-order valence-electron chi connectivity index (χ1n) is 9.04. The van der Waals surface area contributed by atoms with Crippen molar-refractivity contribution < 1.29 is 13.6 Å². The van der Waals surface area contributed by atoms with Crippen LogP contribution in [0.15, 0.2) is 36.7 Å². The Morgan fingerprint density at radius 2 is 2.14 bits per heavy atom. The van der Waals surface area contributed by atoms with Crippen LogP contribution < -0.4 is 4.90 Å². The predicted octanol–water partition coefficient (Wildman–Crippen LogP) is 2.73. The summed E-state index contributed by atoms with van der Waals surface area (Å²) >= 11 is 0. The maximum absolute atomic E-state index is 14.4. The van der Waals surface area contributed by atoms with Gasteiger partial charge in [0.15, 0.2) is 5.65 Å². The van der Waals surface area contributed by atoms with Gasteiger partial charge in [-0.05, 0) is 29.8 Å². The molecule has 1 aliphatic heterocycles. The summed E-state index contributed by atoms with van der Waals surface area (Å²) in [6.07, 6.45) is 2.08. The van der Waals surface area contributed by atoms with E-state index in [1.165, 1.54) is 27.7 Å². The summed E-state index contributed by atoms with van der Waals surface area (Å²) in [5, 5.41) is 13.3. The minimum absolute atomic E-state index is 0.0807. The normalized spacial score (nSPS) is 18.8. The van der Waals surface area contributed by atoms with Gasteiger partial charge in [0.1, 0.15) is 29.4 Å². The van der Waals surface area contributed by atoms with E-state index in [1.54, 1.807) is 37.3 Å². The van der Waals surface area contributed by atoms with Gasteiger partial charge in [0.2, 0.25) is 0 Å². The molecule has 1 aliphatic rings. The Bertz CT molecular complexity index is 1140. The number of hydrogen-bond donors (Lipinski definition) is 0. The lowest BCUT2D eigenvalue weighted by molar-refractivity contribution is 0.0827. The molecule has 7 nitrogen and oxygen atoms in total. The number of fused-ring (bicyclic) bond motifs is 1. The first-order valence-corrected chi connectivity index (χ1v) is 9.04. The molecule has 1 fully saturated rings. The number of anilines is 1. The molecule has 2 aromatic heterocycles. The van der Waals surface area contributed by atoms with Crippen molar-refractivity contribution in [2.75, 3.05) is 25.5 Å². The van der Waals surface area contributed by atoms with Crippen molar-refractivity contribution in [2.45, 2.75) is 18.6 Å². The van der Waals surface area contributed by atoms with E-state index < -0.39 is 18.0 Å². The lowest BCUT2D eigenvalue weighted by atomic mass is 10.0. The van der Waals surface area contributed by atoms with Crippen molar-refractivity contribution in [1.82, 2.24) is 19.5 Å². The third-order valence-corrected chi connectivity index (χ3v) is 4.98. The summed E-state index contributed by atoms with van der Waals surface area (Å²) in [5.74, 6) is -0.421. The van der Waals surface area contributed by atoms with Crippen LogP contribution in [-0.4, -0.2) is 52.2 Å². The molecular formula is C20H18F2N6O. The summed E-state index contributed by atoms with van der Waals surface area (Å²) in [4.78, 5) is 19.9. The van der Waals surface area contributed by atoms with E-state index in [-0.39, 0.29) is 24.4 Å². The molecule has 0 unspecified atom stereocenters. The lowest BCUT2D eigenvalue weighted by Gasteiger charge is -2.26. The molecular weight excluding hydrogens is 378 g/mol. The number of halogens is 2. The van der Waals surface area contributed by atoms with Crippen LogP contribution in [0.25, 0.3) is 5.65 Å². The molecule has 0 saturated carbocycles. The highest BCUT2D eigenvalue weighted by Gasteiger charge is 2.35. The third kappa shape index (κ3) is 3.38. The second kappa shape index (κ2) is 7.13. The summed E-state index contributed by atoms with van der Waals surface area (Å²) < 4.78 is 30.1. The number of carbonyl (C=O) groups is 1. The van der Waals surface area contributed by atoms with Crippen LogP contribution in [0.5, 0.6) is 0 Å². The smallest absolute Gasteiger partial charge is 0.253 e. The average molecular weight is 396 g/mol. The van der Waals surface area contributed by atoms with Crippen LogP contribution in [0.4, 0.5) is 14.6 Å². The van der Waals surface area contributed by atoms with E-state index in [2.05, 4.69) is 10.1 Å². The molecule has 148 valence electrons. The number of carbonyl (C=O) groups excluding carboxylic acids is 1. The Labute approximate surface area is 165 Å². The van der Waals surface area contributed by atoms with Crippen LogP contribution in [0, 0.1) is 17.1 Å². The maximum atomic E-state index is 14.4. The minimum Gasteiger partial charge on any atom is -0.346 e. The Kier molecular flexibility index (Phi) is 4.62. The molecule has 0 aliphatic carbocycles. The highest BCUT2D eigenvalue weighted by atomic mass is 19.1. The van der Waals surface area contributed by atoms with E-state index in [4.69, 9.17) is 0 Å². The van der Waals surface area contributed by atoms with Gasteiger partial charge in [0, 0.05) is 32.3 Å². The van der Waals surface area contributed by atoms with Crippen molar-refractivity contribution in [3.63, 3.8) is 0 Å². The highest BCUT2D eigenvalue weighted by molar-refractivity contribution is 5.94. The summed E-state index contributed by atoms with van der Waals surface area (Å²) in [7, 11) is 3.17. The Morgan fingerprint density at radius 3 is 2.86 bits per heavy atom. The van der Waals surface area contributed by atoms with Gasteiger partial charge in [0.25, 0.3) is 5.91 Å². The van der Waals surface area contributed by atoms with Crippen LogP contribution in [-0.2, 0) is 0 Å². The molecule has 3 heterocycles. The number of rotatable bonds is 3. The molecule has 0 N–H and O–H groups in total. The van der Waals surface area contributed by atoms with Gasteiger partial charge in [-0.1, -0.05) is 0 Å². The fourth-order valence-corrected chi connectivity index (χ4v) is 3.64. The van der Waals surface area contributed by atoms with E-state index in [1.807, 2.05) is 6.07 Å². The second-order valence-corrected chi connectivity index (χ2v) is 7.20. The van der Waals surface area contributed by atoms with Gasteiger partial charge in [-0.3, -0.25) is 4.79 Å². The standard InChI is InChI=1S/C20H18F2N6O/c1-26(2)20(29)13-5-12(6-15(21)7-13)17-8-16(22)11-27(17)18-3-4-28-19(25-18)14(9-23)10-24-28/h3-7,10,16-17H,8,11H2,1-2H3/t16-,17+/m0/s1. The van der Waals surface area contributed by atoms with E-state index >= 15 is 0 Å². The molecule has 4 rings (SSSR count). The minimum atomic E-state index is -1.13. The van der Waals surface area contributed by atoms with Gasteiger partial charge < -0.3 is 9.80 Å². The number of alkyl halides is 1. The topological polar surface area (TPSA) is 77.5 Å². The average Bonchev–Trinajstić information content (AvgIpc) is 3.29. The van der Waals surface area contributed by atoms with Gasteiger partial charge in [-0.25, -0.2) is 18.3 Å². The number of amides is 1. The molecule has 0 bridgehead atoms. The number of nitriles is 1.